The smallest absolute Gasteiger partial charge is 0.119 e. The van der Waals surface area contributed by atoms with E-state index in [1.165, 1.54) is 0 Å². The third-order valence-corrected chi connectivity index (χ3v) is 4.77. The van der Waals surface area contributed by atoms with Crippen molar-refractivity contribution in [1.29, 1.82) is 0 Å². The van der Waals surface area contributed by atoms with Crippen LogP contribution in [0.15, 0.2) is 22.7 Å². The molecule has 0 amide bonds. The van der Waals surface area contributed by atoms with Gasteiger partial charge in [-0.25, -0.2) is 0 Å². The molecule has 112 valence electrons. The van der Waals surface area contributed by atoms with Gasteiger partial charge in [0, 0.05) is 10.4 Å². The number of rotatable bonds is 3. The number of hydrogen-bond acceptors (Lipinski definition) is 3. The van der Waals surface area contributed by atoms with Gasteiger partial charge in [-0.15, -0.1) is 0 Å². The maximum absolute atomic E-state index is 10.8. The van der Waals surface area contributed by atoms with E-state index in [0.29, 0.717) is 0 Å². The highest BCUT2D eigenvalue weighted by molar-refractivity contribution is 9.10. The molecule has 1 aliphatic rings. The van der Waals surface area contributed by atoms with Gasteiger partial charge >= 0.3 is 0 Å². The number of methoxy groups -OCH3 is 1. The van der Waals surface area contributed by atoms with E-state index in [2.05, 4.69) is 29.8 Å². The number of hydrogen-bond donors (Lipinski definition) is 1. The summed E-state index contributed by atoms with van der Waals surface area (Å²) in [6.07, 6.45) is 0.237. The molecule has 3 nitrogen and oxygen atoms in total. The zero-order chi connectivity index (χ0) is 15.1. The summed E-state index contributed by atoms with van der Waals surface area (Å²) in [5.41, 5.74) is 0.287. The second-order valence-electron chi connectivity index (χ2n) is 6.61. The van der Waals surface area contributed by atoms with Crippen LogP contribution < -0.4 is 4.74 Å². The molecule has 0 aromatic heterocycles. The van der Waals surface area contributed by atoms with Gasteiger partial charge in [0.15, 0.2) is 0 Å². The zero-order valence-electron chi connectivity index (χ0n) is 12.7. The van der Waals surface area contributed by atoms with Gasteiger partial charge in [0.2, 0.25) is 0 Å². The lowest BCUT2D eigenvalue weighted by Crippen LogP contribution is -2.32. The SMILES string of the molecule is COc1ccc(Br)c(C(O)C2CC(C)(C)OC2(C)C)c1. The largest absolute Gasteiger partial charge is 0.497 e. The van der Waals surface area contributed by atoms with Gasteiger partial charge in [-0.2, -0.15) is 0 Å². The molecule has 0 spiro atoms. The lowest BCUT2D eigenvalue weighted by molar-refractivity contribution is -0.0881. The summed E-state index contributed by atoms with van der Waals surface area (Å²) in [7, 11) is 1.63. The quantitative estimate of drug-likeness (QED) is 0.899. The first-order chi connectivity index (χ1) is 9.16. The molecule has 1 aliphatic heterocycles. The predicted molar refractivity (Wildman–Crippen MR) is 83.0 cm³/mol. The van der Waals surface area contributed by atoms with Crippen molar-refractivity contribution in [1.82, 2.24) is 0 Å². The van der Waals surface area contributed by atoms with Gasteiger partial charge in [-0.05, 0) is 57.9 Å². The minimum absolute atomic E-state index is 0.0425. The lowest BCUT2D eigenvalue weighted by Gasteiger charge is -2.31. The average Bonchev–Trinajstić information content (AvgIpc) is 2.57. The molecule has 4 heteroatoms. The molecular formula is C16H23BrO3. The average molecular weight is 343 g/mol. The van der Waals surface area contributed by atoms with Crippen LogP contribution in [-0.2, 0) is 4.74 Å². The minimum Gasteiger partial charge on any atom is -0.497 e. The molecule has 0 bridgehead atoms. The van der Waals surface area contributed by atoms with Crippen LogP contribution in [0.4, 0.5) is 0 Å². The number of halogens is 1. The van der Waals surface area contributed by atoms with E-state index in [1.807, 2.05) is 32.0 Å². The van der Waals surface area contributed by atoms with Crippen LogP contribution in [0.3, 0.4) is 0 Å². The fourth-order valence-corrected chi connectivity index (χ4v) is 3.67. The van der Waals surface area contributed by atoms with Crippen LogP contribution in [0.2, 0.25) is 0 Å². The normalized spacial score (nSPS) is 25.4. The summed E-state index contributed by atoms with van der Waals surface area (Å²) in [5, 5.41) is 10.8. The second-order valence-corrected chi connectivity index (χ2v) is 7.46. The summed E-state index contributed by atoms with van der Waals surface area (Å²) >= 11 is 3.52. The summed E-state index contributed by atoms with van der Waals surface area (Å²) in [4.78, 5) is 0. The Bertz CT molecular complexity index is 496. The molecule has 1 saturated heterocycles. The Kier molecular flexibility index (Phi) is 4.20. The minimum atomic E-state index is -0.587. The van der Waals surface area contributed by atoms with Crippen molar-refractivity contribution >= 4 is 15.9 Å². The summed E-state index contributed by atoms with van der Waals surface area (Å²) in [6.45, 7) is 8.23. The Balaban J connectivity index is 2.34. The number of aliphatic hydroxyl groups excluding tert-OH is 1. The Morgan fingerprint density at radius 3 is 2.50 bits per heavy atom. The van der Waals surface area contributed by atoms with Crippen molar-refractivity contribution < 1.29 is 14.6 Å². The van der Waals surface area contributed by atoms with E-state index < -0.39 is 6.10 Å². The molecule has 0 radical (unpaired) electrons. The Morgan fingerprint density at radius 2 is 2.00 bits per heavy atom. The van der Waals surface area contributed by atoms with E-state index in [-0.39, 0.29) is 17.1 Å². The molecule has 1 aromatic rings. The molecule has 0 aliphatic carbocycles. The summed E-state index contributed by atoms with van der Waals surface area (Å²) < 4.78 is 12.2. The van der Waals surface area contributed by atoms with E-state index in [1.54, 1.807) is 7.11 Å². The van der Waals surface area contributed by atoms with Crippen LogP contribution in [0.1, 0.15) is 45.8 Å². The molecule has 1 N–H and O–H groups in total. The van der Waals surface area contributed by atoms with Crippen LogP contribution in [0.5, 0.6) is 5.75 Å². The highest BCUT2D eigenvalue weighted by Crippen LogP contribution is 2.48. The van der Waals surface area contributed by atoms with Gasteiger partial charge in [0.1, 0.15) is 5.75 Å². The first kappa shape index (κ1) is 15.8. The maximum atomic E-state index is 10.8. The first-order valence-corrected chi connectivity index (χ1v) is 7.67. The summed E-state index contributed by atoms with van der Waals surface area (Å²) in [6, 6.07) is 5.67. The van der Waals surface area contributed by atoms with Crippen molar-refractivity contribution in [2.24, 2.45) is 5.92 Å². The van der Waals surface area contributed by atoms with Crippen molar-refractivity contribution in [2.75, 3.05) is 7.11 Å². The standard InChI is InChI=1S/C16H23BrO3/c1-15(2)9-12(16(3,4)20-15)14(18)11-8-10(19-5)6-7-13(11)17/h6-8,12,14,18H,9H2,1-5H3. The number of benzene rings is 1. The monoisotopic (exact) mass is 342 g/mol. The number of aliphatic hydroxyl groups is 1. The Labute approximate surface area is 129 Å². The first-order valence-electron chi connectivity index (χ1n) is 6.88. The highest BCUT2D eigenvalue weighted by atomic mass is 79.9. The van der Waals surface area contributed by atoms with E-state index >= 15 is 0 Å². The van der Waals surface area contributed by atoms with Crippen molar-refractivity contribution in [3.05, 3.63) is 28.2 Å². The molecule has 2 rings (SSSR count). The molecular weight excluding hydrogens is 320 g/mol. The van der Waals surface area contributed by atoms with Crippen LogP contribution >= 0.6 is 15.9 Å². The van der Waals surface area contributed by atoms with Gasteiger partial charge < -0.3 is 14.6 Å². The topological polar surface area (TPSA) is 38.7 Å². The van der Waals surface area contributed by atoms with Crippen molar-refractivity contribution in [2.45, 2.75) is 51.4 Å². The Morgan fingerprint density at radius 1 is 1.35 bits per heavy atom. The van der Waals surface area contributed by atoms with Crippen LogP contribution in [0.25, 0.3) is 0 Å². The lowest BCUT2D eigenvalue weighted by atomic mass is 9.80. The third-order valence-electron chi connectivity index (χ3n) is 4.05. The fourth-order valence-electron chi connectivity index (χ4n) is 3.19. The van der Waals surface area contributed by atoms with Gasteiger partial charge in [0.05, 0.1) is 24.4 Å². The number of ether oxygens (including phenoxy) is 2. The van der Waals surface area contributed by atoms with Gasteiger partial charge in [-0.3, -0.25) is 0 Å². The zero-order valence-corrected chi connectivity index (χ0v) is 14.3. The van der Waals surface area contributed by atoms with E-state index in [9.17, 15) is 5.11 Å². The molecule has 1 fully saturated rings. The molecule has 2 atom stereocenters. The van der Waals surface area contributed by atoms with Gasteiger partial charge in [0.25, 0.3) is 0 Å². The molecule has 1 heterocycles. The summed E-state index contributed by atoms with van der Waals surface area (Å²) in [5.74, 6) is 0.791. The van der Waals surface area contributed by atoms with Gasteiger partial charge in [-0.1, -0.05) is 15.9 Å². The van der Waals surface area contributed by atoms with Crippen molar-refractivity contribution in [3.63, 3.8) is 0 Å². The molecule has 2 unspecified atom stereocenters. The predicted octanol–water partition coefficient (Wildman–Crippen LogP) is 4.08. The molecule has 0 saturated carbocycles. The van der Waals surface area contributed by atoms with E-state index in [4.69, 9.17) is 9.47 Å². The third kappa shape index (κ3) is 3.02. The molecule has 1 aromatic carbocycles. The van der Waals surface area contributed by atoms with E-state index in [0.717, 1.165) is 22.2 Å². The fraction of sp³-hybridized carbons (Fsp3) is 0.625. The van der Waals surface area contributed by atoms with Crippen LogP contribution in [0, 0.1) is 5.92 Å². The second kappa shape index (κ2) is 5.32. The Hall–Kier alpha value is -0.580. The molecule has 20 heavy (non-hydrogen) atoms. The maximum Gasteiger partial charge on any atom is 0.119 e. The van der Waals surface area contributed by atoms with Crippen molar-refractivity contribution in [3.8, 4) is 5.75 Å². The van der Waals surface area contributed by atoms with Crippen LogP contribution in [-0.4, -0.2) is 23.4 Å². The highest BCUT2D eigenvalue weighted by Gasteiger charge is 2.49.